The number of hydrogen-bond donors (Lipinski definition) is 3. The molecular weight excluding hydrogens is 498 g/mol. The summed E-state index contributed by atoms with van der Waals surface area (Å²) in [6.45, 7) is 6.39. The first-order valence-electron chi connectivity index (χ1n) is 11.7. The first-order chi connectivity index (χ1) is 17.5. The van der Waals surface area contributed by atoms with Gasteiger partial charge in [-0.05, 0) is 25.0 Å². The van der Waals surface area contributed by atoms with Gasteiger partial charge in [-0.25, -0.2) is 4.98 Å². The molecule has 2 saturated heterocycles. The van der Waals surface area contributed by atoms with E-state index in [1.165, 1.54) is 11.3 Å². The van der Waals surface area contributed by atoms with Gasteiger partial charge in [-0.15, -0.1) is 11.3 Å². The van der Waals surface area contributed by atoms with Gasteiger partial charge in [0.2, 0.25) is 0 Å². The second-order valence-electron chi connectivity index (χ2n) is 8.30. The van der Waals surface area contributed by atoms with Crippen LogP contribution in [0.2, 0.25) is 0 Å². The number of nitrogens with one attached hydrogen (secondary N) is 1. The van der Waals surface area contributed by atoms with Crippen molar-refractivity contribution in [2.45, 2.75) is 12.8 Å². The van der Waals surface area contributed by atoms with Gasteiger partial charge >= 0.3 is 0 Å². The van der Waals surface area contributed by atoms with Crippen molar-refractivity contribution in [2.75, 3.05) is 68.1 Å². The summed E-state index contributed by atoms with van der Waals surface area (Å²) in [4.78, 5) is 24.1. The highest BCUT2D eigenvalue weighted by atomic mass is 32.1. The van der Waals surface area contributed by atoms with Crippen molar-refractivity contribution < 1.29 is 14.3 Å². The van der Waals surface area contributed by atoms with E-state index in [-0.39, 0.29) is 0 Å². The Morgan fingerprint density at radius 1 is 1.08 bits per heavy atom. The average Bonchev–Trinajstić information content (AvgIpc) is 3.12. The van der Waals surface area contributed by atoms with Crippen molar-refractivity contribution >= 4 is 56.7 Å². The number of rotatable bonds is 3. The van der Waals surface area contributed by atoms with Crippen molar-refractivity contribution in [1.29, 1.82) is 5.26 Å². The van der Waals surface area contributed by atoms with Gasteiger partial charge < -0.3 is 35.7 Å². The lowest BCUT2D eigenvalue weighted by molar-refractivity contribution is 0.100. The zero-order valence-corrected chi connectivity index (χ0v) is 21.5. The minimum atomic E-state index is -0.504. The van der Waals surface area contributed by atoms with E-state index in [0.29, 0.717) is 34.0 Å². The van der Waals surface area contributed by atoms with Crippen LogP contribution in [0.1, 0.15) is 28.1 Å². The number of ether oxygens (including phenoxy) is 2. The van der Waals surface area contributed by atoms with Crippen molar-refractivity contribution in [2.24, 2.45) is 5.73 Å². The lowest BCUT2D eigenvalue weighted by Gasteiger charge is -2.22. The van der Waals surface area contributed by atoms with Crippen LogP contribution in [0.4, 0.5) is 17.1 Å². The summed E-state index contributed by atoms with van der Waals surface area (Å²) in [5, 5.41) is 9.93. The Balaban J connectivity index is 0.000000174. The highest BCUT2D eigenvalue weighted by Crippen LogP contribution is 2.38. The summed E-state index contributed by atoms with van der Waals surface area (Å²) in [7, 11) is 0. The second kappa shape index (κ2) is 12.1. The Bertz CT molecular complexity index is 1300. The number of thiophene rings is 1. The molecule has 0 unspecified atom stereocenters. The van der Waals surface area contributed by atoms with E-state index < -0.39 is 5.91 Å². The van der Waals surface area contributed by atoms with E-state index in [9.17, 15) is 4.79 Å². The first-order valence-corrected chi connectivity index (χ1v) is 13.0. The Kier molecular flexibility index (Phi) is 8.71. The highest BCUT2D eigenvalue weighted by molar-refractivity contribution is 7.71. The average molecular weight is 528 g/mol. The highest BCUT2D eigenvalue weighted by Gasteiger charge is 2.21. The minimum absolute atomic E-state index is 0.381. The maximum atomic E-state index is 11.4. The predicted octanol–water partition coefficient (Wildman–Crippen LogP) is 3.05. The van der Waals surface area contributed by atoms with Gasteiger partial charge in [0.1, 0.15) is 26.0 Å². The zero-order valence-electron chi connectivity index (χ0n) is 19.9. The van der Waals surface area contributed by atoms with E-state index in [1.54, 1.807) is 12.4 Å². The summed E-state index contributed by atoms with van der Waals surface area (Å²) in [6.07, 6.45) is 5.47. The van der Waals surface area contributed by atoms with Crippen LogP contribution in [0.3, 0.4) is 0 Å². The normalized spacial score (nSPS) is 16.4. The molecule has 2 aliphatic rings. The molecule has 36 heavy (non-hydrogen) atoms. The maximum Gasteiger partial charge on any atom is 0.260 e. The largest absolute Gasteiger partial charge is 0.397 e. The van der Waals surface area contributed by atoms with Crippen LogP contribution in [-0.2, 0) is 9.47 Å². The van der Waals surface area contributed by atoms with E-state index in [4.69, 9.17) is 38.4 Å². The number of nitrogens with zero attached hydrogens (tertiary/aromatic N) is 4. The molecule has 2 fully saturated rings. The SMILES string of the molecule is N#Cc1c(N2CCCOCC2)cc[nH]c1=S.NC(=O)c1sc2nccc(N3CCCOCC3)c2c1N. The molecule has 10 nitrogen and oxygen atoms in total. The molecule has 12 heteroatoms. The van der Waals surface area contributed by atoms with Crippen LogP contribution in [-0.4, -0.2) is 68.5 Å². The molecule has 0 bridgehead atoms. The van der Waals surface area contributed by atoms with Crippen molar-refractivity contribution in [3.05, 3.63) is 39.6 Å². The van der Waals surface area contributed by atoms with Gasteiger partial charge in [0.05, 0.1) is 35.7 Å². The molecule has 5 rings (SSSR count). The Morgan fingerprint density at radius 2 is 1.75 bits per heavy atom. The van der Waals surface area contributed by atoms with Crippen LogP contribution in [0.25, 0.3) is 10.2 Å². The van der Waals surface area contributed by atoms with Crippen LogP contribution < -0.4 is 21.3 Å². The van der Waals surface area contributed by atoms with Crippen molar-refractivity contribution in [3.8, 4) is 6.07 Å². The fourth-order valence-corrected chi connectivity index (χ4v) is 5.44. The smallest absolute Gasteiger partial charge is 0.260 e. The molecule has 0 spiro atoms. The molecule has 0 aliphatic carbocycles. The molecule has 2 aliphatic heterocycles. The number of nitrogens with two attached hydrogens (primary N) is 2. The summed E-state index contributed by atoms with van der Waals surface area (Å²) in [6, 6.07) is 6.00. The van der Waals surface area contributed by atoms with E-state index in [1.807, 2.05) is 12.1 Å². The number of primary amides is 1. The number of aromatic nitrogens is 2. The lowest BCUT2D eigenvalue weighted by Crippen LogP contribution is -2.26. The minimum Gasteiger partial charge on any atom is -0.397 e. The van der Waals surface area contributed by atoms with Gasteiger partial charge in [-0.3, -0.25) is 4.79 Å². The number of hydrogen-bond acceptors (Lipinski definition) is 10. The number of nitriles is 1. The fraction of sp³-hybridized carbons (Fsp3) is 0.417. The molecule has 0 radical (unpaired) electrons. The molecule has 3 aromatic rings. The van der Waals surface area contributed by atoms with Crippen LogP contribution in [0.15, 0.2) is 24.5 Å². The second-order valence-corrected chi connectivity index (χ2v) is 9.71. The summed E-state index contributed by atoms with van der Waals surface area (Å²) < 4.78 is 11.4. The Labute approximate surface area is 218 Å². The third kappa shape index (κ3) is 5.76. The summed E-state index contributed by atoms with van der Waals surface area (Å²) in [5.41, 5.74) is 14.4. The standard InChI is InChI=1S/C13H16N4O2S.C11H13N3OS/c14-10-9-8(17-4-1-6-19-7-5-17)2-3-16-13(9)20-11(10)12(15)18;12-8-9-10(2-3-13-11(9)16)14-4-1-6-15-7-5-14/h2-3H,1,4-7,14H2,(H2,15,18);2-3H,1,4-7H2,(H,13,16). The molecular formula is C24H29N7O3S2. The fourth-order valence-electron chi connectivity index (χ4n) is 4.29. The van der Waals surface area contributed by atoms with E-state index in [2.05, 4.69) is 25.8 Å². The van der Waals surface area contributed by atoms with Gasteiger partial charge in [-0.2, -0.15) is 5.26 Å². The number of fused-ring (bicyclic) bond motifs is 1. The molecule has 0 aromatic carbocycles. The molecule has 5 heterocycles. The third-order valence-electron chi connectivity index (χ3n) is 6.01. The number of nitrogen functional groups attached to an aromatic ring is 1. The number of amides is 1. The van der Waals surface area contributed by atoms with Crippen LogP contribution in [0, 0.1) is 16.0 Å². The van der Waals surface area contributed by atoms with E-state index >= 15 is 0 Å². The van der Waals surface area contributed by atoms with Gasteiger partial charge in [0.25, 0.3) is 5.91 Å². The van der Waals surface area contributed by atoms with Gasteiger partial charge in [-0.1, -0.05) is 12.2 Å². The molecule has 1 amide bonds. The predicted molar refractivity (Wildman–Crippen MR) is 144 cm³/mol. The number of aromatic amines is 1. The van der Waals surface area contributed by atoms with E-state index in [0.717, 1.165) is 73.8 Å². The van der Waals surface area contributed by atoms with Crippen molar-refractivity contribution in [1.82, 2.24) is 9.97 Å². The molecule has 0 atom stereocenters. The number of pyridine rings is 2. The zero-order chi connectivity index (χ0) is 25.5. The molecule has 0 saturated carbocycles. The number of carbonyl (C=O) groups is 1. The first kappa shape index (κ1) is 25.8. The monoisotopic (exact) mass is 527 g/mol. The lowest BCUT2D eigenvalue weighted by atomic mass is 10.2. The quantitative estimate of drug-likeness (QED) is 0.437. The van der Waals surface area contributed by atoms with Gasteiger partial charge in [0, 0.05) is 51.8 Å². The summed E-state index contributed by atoms with van der Waals surface area (Å²) in [5.74, 6) is -0.504. The molecule has 3 aromatic heterocycles. The Morgan fingerprint density at radius 3 is 2.39 bits per heavy atom. The van der Waals surface area contributed by atoms with Gasteiger partial charge in [0.15, 0.2) is 0 Å². The number of carbonyl (C=O) groups excluding carboxylic acids is 1. The Hall–Kier alpha value is -3.24. The third-order valence-corrected chi connectivity index (χ3v) is 7.46. The number of anilines is 3. The molecule has 190 valence electrons. The van der Waals surface area contributed by atoms with Crippen molar-refractivity contribution in [3.63, 3.8) is 0 Å². The van der Waals surface area contributed by atoms with Crippen LogP contribution >= 0.6 is 23.6 Å². The summed E-state index contributed by atoms with van der Waals surface area (Å²) >= 11 is 6.35. The topological polar surface area (TPSA) is 147 Å². The molecule has 5 N–H and O–H groups in total. The van der Waals surface area contributed by atoms with Crippen LogP contribution in [0.5, 0.6) is 0 Å². The number of H-pyrrole nitrogens is 1. The maximum absolute atomic E-state index is 11.4.